The predicted octanol–water partition coefficient (Wildman–Crippen LogP) is 3.21. The third-order valence-corrected chi connectivity index (χ3v) is 5.14. The third kappa shape index (κ3) is 2.72. The van der Waals surface area contributed by atoms with Gasteiger partial charge < -0.3 is 9.30 Å². The van der Waals surface area contributed by atoms with Gasteiger partial charge in [-0.25, -0.2) is 9.78 Å². The number of carbonyl (C=O) groups is 1. The molecule has 0 fully saturated rings. The van der Waals surface area contributed by atoms with Crippen molar-refractivity contribution < 1.29 is 9.53 Å². The Balaban J connectivity index is 2.21. The number of hydrogen-bond acceptors (Lipinski definition) is 5. The lowest BCUT2D eigenvalue weighted by molar-refractivity contribution is 0.0523. The molecule has 5 nitrogen and oxygen atoms in total. The first-order valence-corrected chi connectivity index (χ1v) is 8.64. The second-order valence-electron chi connectivity index (χ2n) is 6.08. The summed E-state index contributed by atoms with van der Waals surface area (Å²) in [4.78, 5) is 30.2. The van der Waals surface area contributed by atoms with Gasteiger partial charge in [-0.1, -0.05) is 13.8 Å². The Kier molecular flexibility index (Phi) is 4.10. The zero-order chi connectivity index (χ0) is 16.7. The molecule has 6 heteroatoms. The van der Waals surface area contributed by atoms with Crippen molar-refractivity contribution in [3.05, 3.63) is 37.9 Å². The number of fused-ring (bicyclic) bond motifs is 3. The Bertz CT molecular complexity index is 820. The maximum absolute atomic E-state index is 12.4. The summed E-state index contributed by atoms with van der Waals surface area (Å²) in [6, 6.07) is 1.73. The Morgan fingerprint density at radius 3 is 2.91 bits per heavy atom. The van der Waals surface area contributed by atoms with Crippen LogP contribution in [0.3, 0.4) is 0 Å². The maximum atomic E-state index is 12.4. The van der Waals surface area contributed by atoms with E-state index in [1.165, 1.54) is 10.9 Å². The molecule has 1 aliphatic heterocycles. The van der Waals surface area contributed by atoms with E-state index >= 15 is 0 Å². The fraction of sp³-hybridized carbons (Fsp3) is 0.471. The van der Waals surface area contributed by atoms with Crippen LogP contribution in [0, 0.1) is 12.8 Å². The number of rotatable bonds is 3. The van der Waals surface area contributed by atoms with E-state index in [-0.39, 0.29) is 23.6 Å². The number of pyridine rings is 1. The smallest absolute Gasteiger partial charge is 0.343 e. The van der Waals surface area contributed by atoms with Crippen LogP contribution in [-0.2, 0) is 11.2 Å². The zero-order valence-electron chi connectivity index (χ0n) is 13.8. The van der Waals surface area contributed by atoms with Gasteiger partial charge in [0, 0.05) is 29.6 Å². The van der Waals surface area contributed by atoms with Crippen molar-refractivity contribution >= 4 is 17.3 Å². The topological polar surface area (TPSA) is 61.2 Å². The van der Waals surface area contributed by atoms with E-state index in [0.29, 0.717) is 5.92 Å². The molecule has 3 rings (SSSR count). The molecule has 0 radical (unpaired) electrons. The van der Waals surface area contributed by atoms with Gasteiger partial charge in [0.2, 0.25) is 0 Å². The van der Waals surface area contributed by atoms with Gasteiger partial charge in [0.05, 0.1) is 17.3 Å². The summed E-state index contributed by atoms with van der Waals surface area (Å²) in [7, 11) is 0. The van der Waals surface area contributed by atoms with Gasteiger partial charge in [0.15, 0.2) is 5.43 Å². The molecular formula is C17H20N2O3S. The number of carbonyl (C=O) groups excluding carboxylic acids is 1. The maximum Gasteiger partial charge on any atom is 0.343 e. The van der Waals surface area contributed by atoms with Crippen LogP contribution >= 0.6 is 11.3 Å². The number of aryl methyl sites for hydroxylation is 1. The summed E-state index contributed by atoms with van der Waals surface area (Å²) < 4.78 is 7.03. The normalized spacial score (nSPS) is 16.1. The quantitative estimate of drug-likeness (QED) is 0.810. The summed E-state index contributed by atoms with van der Waals surface area (Å²) >= 11 is 1.68. The Hall–Kier alpha value is -1.95. The molecule has 1 aliphatic rings. The minimum atomic E-state index is -0.560. The molecule has 2 aromatic heterocycles. The van der Waals surface area contributed by atoms with Crippen molar-refractivity contribution in [2.75, 3.05) is 6.61 Å². The largest absolute Gasteiger partial charge is 0.462 e. The number of hydrogen-bond donors (Lipinski definition) is 0. The number of nitrogens with zero attached hydrogens (tertiary/aromatic N) is 2. The van der Waals surface area contributed by atoms with Gasteiger partial charge in [-0.15, -0.1) is 11.3 Å². The predicted molar refractivity (Wildman–Crippen MR) is 90.1 cm³/mol. The molecule has 23 heavy (non-hydrogen) atoms. The minimum Gasteiger partial charge on any atom is -0.462 e. The zero-order valence-corrected chi connectivity index (χ0v) is 14.6. The van der Waals surface area contributed by atoms with Crippen LogP contribution in [0.1, 0.15) is 47.1 Å². The van der Waals surface area contributed by atoms with E-state index in [0.717, 1.165) is 22.8 Å². The first kappa shape index (κ1) is 15.9. The number of esters is 1. The molecule has 3 heterocycles. The molecule has 0 aliphatic carbocycles. The minimum absolute atomic E-state index is 0.0941. The lowest BCUT2D eigenvalue weighted by Crippen LogP contribution is -2.28. The number of ether oxygens (including phenoxy) is 1. The van der Waals surface area contributed by atoms with Crippen LogP contribution in [0.15, 0.2) is 17.1 Å². The highest BCUT2D eigenvalue weighted by molar-refractivity contribution is 7.12. The molecule has 1 unspecified atom stereocenters. The first-order valence-electron chi connectivity index (χ1n) is 7.82. The Morgan fingerprint density at radius 1 is 1.52 bits per heavy atom. The van der Waals surface area contributed by atoms with Crippen LogP contribution in [0.4, 0.5) is 0 Å². The molecule has 0 saturated carbocycles. The highest BCUT2D eigenvalue weighted by Crippen LogP contribution is 2.39. The molecular weight excluding hydrogens is 312 g/mol. The van der Waals surface area contributed by atoms with Gasteiger partial charge >= 0.3 is 5.97 Å². The third-order valence-electron chi connectivity index (χ3n) is 4.14. The molecule has 0 aromatic carbocycles. The summed E-state index contributed by atoms with van der Waals surface area (Å²) in [6.07, 6.45) is 2.52. The Labute approximate surface area is 138 Å². The summed E-state index contributed by atoms with van der Waals surface area (Å²) in [6.45, 7) is 8.26. The van der Waals surface area contributed by atoms with Crippen molar-refractivity contribution in [2.45, 2.75) is 40.2 Å². The van der Waals surface area contributed by atoms with E-state index < -0.39 is 5.97 Å². The van der Waals surface area contributed by atoms with E-state index in [4.69, 9.17) is 4.74 Å². The van der Waals surface area contributed by atoms with Gasteiger partial charge in [0.25, 0.3) is 0 Å². The van der Waals surface area contributed by atoms with Crippen molar-refractivity contribution in [1.82, 2.24) is 9.55 Å². The average Bonchev–Trinajstić information content (AvgIpc) is 2.86. The van der Waals surface area contributed by atoms with Crippen molar-refractivity contribution in [3.8, 4) is 11.4 Å². The van der Waals surface area contributed by atoms with Crippen molar-refractivity contribution in [3.63, 3.8) is 0 Å². The van der Waals surface area contributed by atoms with Crippen LogP contribution in [0.2, 0.25) is 0 Å². The second-order valence-corrected chi connectivity index (χ2v) is 7.37. The fourth-order valence-corrected chi connectivity index (χ4v) is 4.02. The molecule has 0 amide bonds. The monoisotopic (exact) mass is 332 g/mol. The van der Waals surface area contributed by atoms with Gasteiger partial charge in [-0.3, -0.25) is 4.79 Å². The highest BCUT2D eigenvalue weighted by atomic mass is 32.1. The van der Waals surface area contributed by atoms with Crippen LogP contribution in [0.5, 0.6) is 0 Å². The summed E-state index contributed by atoms with van der Waals surface area (Å²) in [5, 5.41) is 0.993. The second kappa shape index (κ2) is 5.92. The average molecular weight is 332 g/mol. The van der Waals surface area contributed by atoms with Crippen molar-refractivity contribution in [2.24, 2.45) is 5.92 Å². The molecule has 2 aromatic rings. The van der Waals surface area contributed by atoms with Crippen molar-refractivity contribution in [1.29, 1.82) is 0 Å². The molecule has 0 saturated heterocycles. The lowest BCUT2D eigenvalue weighted by atomic mass is 9.94. The number of thiazole rings is 1. The molecule has 0 N–H and O–H groups in total. The molecule has 122 valence electrons. The summed E-state index contributed by atoms with van der Waals surface area (Å²) in [5.74, 6) is -0.183. The first-order chi connectivity index (χ1) is 10.9. The summed E-state index contributed by atoms with van der Waals surface area (Å²) in [5.41, 5.74) is 1.46. The van der Waals surface area contributed by atoms with Crippen LogP contribution in [-0.4, -0.2) is 22.1 Å². The molecule has 1 atom stereocenters. The highest BCUT2D eigenvalue weighted by Gasteiger charge is 2.30. The Morgan fingerprint density at radius 2 is 2.26 bits per heavy atom. The van der Waals surface area contributed by atoms with Gasteiger partial charge in [0.1, 0.15) is 11.3 Å². The standard InChI is InChI=1S/C17H20N2O3S/c1-5-22-17(21)11-8-19-12(9(2)3)7-15-16(18-10(4)23-15)13(19)6-14(11)20/h6,8-9,12H,5,7H2,1-4H3. The van der Waals surface area contributed by atoms with E-state index in [2.05, 4.69) is 18.8 Å². The SMILES string of the molecule is CCOC(=O)c1cn2c(cc1=O)-c1nc(C)sc1CC2C(C)C. The van der Waals surface area contributed by atoms with E-state index in [1.54, 1.807) is 24.5 Å². The number of aromatic nitrogens is 2. The van der Waals surface area contributed by atoms with Crippen LogP contribution in [0.25, 0.3) is 11.4 Å². The van der Waals surface area contributed by atoms with E-state index in [9.17, 15) is 9.59 Å². The van der Waals surface area contributed by atoms with E-state index in [1.807, 2.05) is 11.5 Å². The van der Waals surface area contributed by atoms with Crippen LogP contribution < -0.4 is 5.43 Å². The fourth-order valence-electron chi connectivity index (χ4n) is 3.03. The molecule has 0 spiro atoms. The van der Waals surface area contributed by atoms with Gasteiger partial charge in [-0.2, -0.15) is 0 Å². The lowest BCUT2D eigenvalue weighted by Gasteiger charge is -2.31. The van der Waals surface area contributed by atoms with Gasteiger partial charge in [-0.05, 0) is 19.8 Å². The molecule has 0 bridgehead atoms.